The summed E-state index contributed by atoms with van der Waals surface area (Å²) < 4.78 is 10.5. The van der Waals surface area contributed by atoms with E-state index in [-0.39, 0.29) is 13.4 Å². The number of thioether (sulfide) groups is 1. The molecule has 1 aromatic carbocycles. The lowest BCUT2D eigenvalue weighted by atomic mass is 10.2. The minimum absolute atomic E-state index is 0.197. The zero-order chi connectivity index (χ0) is 10.7. The number of halogens is 1. The Morgan fingerprint density at radius 3 is 3.07 bits per heavy atom. The summed E-state index contributed by atoms with van der Waals surface area (Å²) in [5.41, 5.74) is 1.09. The predicted octanol–water partition coefficient (Wildman–Crippen LogP) is 2.29. The van der Waals surface area contributed by atoms with Crippen LogP contribution in [0.1, 0.15) is 5.56 Å². The molecule has 82 valence electrons. The van der Waals surface area contributed by atoms with E-state index in [1.165, 1.54) is 0 Å². The van der Waals surface area contributed by atoms with Gasteiger partial charge in [0.05, 0.1) is 11.6 Å². The molecule has 0 fully saturated rings. The van der Waals surface area contributed by atoms with Crippen LogP contribution in [0.5, 0.6) is 11.5 Å². The maximum absolute atomic E-state index is 8.66. The molecule has 0 amide bonds. The summed E-state index contributed by atoms with van der Waals surface area (Å²) >= 11 is 7.68. The maximum atomic E-state index is 8.66. The Balaban J connectivity index is 2.09. The molecule has 2 rings (SSSR count). The number of hydrogen-bond acceptors (Lipinski definition) is 4. The van der Waals surface area contributed by atoms with E-state index < -0.39 is 0 Å². The van der Waals surface area contributed by atoms with Crippen LogP contribution in [0.3, 0.4) is 0 Å². The van der Waals surface area contributed by atoms with Gasteiger partial charge in [-0.1, -0.05) is 11.6 Å². The van der Waals surface area contributed by atoms with Crippen molar-refractivity contribution in [2.45, 2.75) is 5.75 Å². The van der Waals surface area contributed by atoms with Crippen LogP contribution in [0.2, 0.25) is 5.02 Å². The van der Waals surface area contributed by atoms with Crippen molar-refractivity contribution in [3.8, 4) is 11.5 Å². The van der Waals surface area contributed by atoms with E-state index in [4.69, 9.17) is 26.2 Å². The van der Waals surface area contributed by atoms with Crippen LogP contribution in [-0.4, -0.2) is 24.3 Å². The number of hydrogen-bond donors (Lipinski definition) is 1. The van der Waals surface area contributed by atoms with Gasteiger partial charge in [0.15, 0.2) is 11.5 Å². The molecule has 0 saturated heterocycles. The molecule has 0 aromatic heterocycles. The molecule has 0 radical (unpaired) electrons. The summed E-state index contributed by atoms with van der Waals surface area (Å²) in [6.07, 6.45) is 0. The van der Waals surface area contributed by atoms with Gasteiger partial charge in [-0.3, -0.25) is 0 Å². The van der Waals surface area contributed by atoms with E-state index in [1.54, 1.807) is 11.8 Å². The molecule has 1 aliphatic rings. The van der Waals surface area contributed by atoms with Gasteiger partial charge >= 0.3 is 0 Å². The number of aliphatic hydroxyl groups is 1. The molecular formula is C10H11ClO3S. The van der Waals surface area contributed by atoms with Crippen LogP contribution >= 0.6 is 23.4 Å². The van der Waals surface area contributed by atoms with Crippen molar-refractivity contribution in [3.63, 3.8) is 0 Å². The van der Waals surface area contributed by atoms with Crippen LogP contribution < -0.4 is 9.47 Å². The number of aliphatic hydroxyl groups excluding tert-OH is 1. The van der Waals surface area contributed by atoms with Crippen molar-refractivity contribution in [2.24, 2.45) is 0 Å². The molecule has 0 atom stereocenters. The highest BCUT2D eigenvalue weighted by Crippen LogP contribution is 2.40. The molecule has 1 N–H and O–H groups in total. The van der Waals surface area contributed by atoms with Crippen LogP contribution in [0.4, 0.5) is 0 Å². The molecule has 1 heterocycles. The Bertz CT molecular complexity index is 357. The molecule has 0 bridgehead atoms. The molecule has 15 heavy (non-hydrogen) atoms. The Morgan fingerprint density at radius 2 is 2.27 bits per heavy atom. The zero-order valence-electron chi connectivity index (χ0n) is 8.03. The number of fused-ring (bicyclic) bond motifs is 1. The molecule has 0 saturated carbocycles. The van der Waals surface area contributed by atoms with Crippen LogP contribution in [0.15, 0.2) is 12.1 Å². The van der Waals surface area contributed by atoms with Gasteiger partial charge in [0, 0.05) is 11.5 Å². The molecule has 1 aliphatic heterocycles. The fourth-order valence-corrected chi connectivity index (χ4v) is 2.32. The van der Waals surface area contributed by atoms with Crippen molar-refractivity contribution in [1.29, 1.82) is 0 Å². The third-order valence-corrected chi connectivity index (χ3v) is 3.28. The smallest absolute Gasteiger partial charge is 0.231 e. The number of benzene rings is 1. The first kappa shape index (κ1) is 10.9. The van der Waals surface area contributed by atoms with Gasteiger partial charge in [-0.25, -0.2) is 0 Å². The third kappa shape index (κ3) is 2.51. The van der Waals surface area contributed by atoms with E-state index in [2.05, 4.69) is 0 Å². The largest absolute Gasteiger partial charge is 0.454 e. The van der Waals surface area contributed by atoms with Gasteiger partial charge in [-0.05, 0) is 17.7 Å². The van der Waals surface area contributed by atoms with Crippen LogP contribution in [-0.2, 0) is 5.75 Å². The normalized spacial score (nSPS) is 13.2. The highest BCUT2D eigenvalue weighted by molar-refractivity contribution is 7.98. The first-order chi connectivity index (χ1) is 7.31. The van der Waals surface area contributed by atoms with E-state index in [0.29, 0.717) is 16.5 Å². The molecule has 0 aliphatic carbocycles. The Morgan fingerprint density at radius 1 is 1.40 bits per heavy atom. The fourth-order valence-electron chi connectivity index (χ4n) is 1.36. The molecule has 3 nitrogen and oxygen atoms in total. The zero-order valence-corrected chi connectivity index (χ0v) is 9.61. The van der Waals surface area contributed by atoms with Gasteiger partial charge in [0.1, 0.15) is 0 Å². The second-order valence-corrected chi connectivity index (χ2v) is 4.60. The second kappa shape index (κ2) is 4.96. The highest BCUT2D eigenvalue weighted by atomic mass is 35.5. The summed E-state index contributed by atoms with van der Waals surface area (Å²) in [5.74, 6) is 2.89. The fraction of sp³-hybridized carbons (Fsp3) is 0.400. The van der Waals surface area contributed by atoms with E-state index in [9.17, 15) is 0 Å². The molecule has 0 spiro atoms. The van der Waals surface area contributed by atoms with Crippen molar-refractivity contribution in [1.82, 2.24) is 0 Å². The summed E-state index contributed by atoms with van der Waals surface area (Å²) in [4.78, 5) is 0. The van der Waals surface area contributed by atoms with Crippen LogP contribution in [0.25, 0.3) is 0 Å². The van der Waals surface area contributed by atoms with Gasteiger partial charge in [0.2, 0.25) is 6.79 Å². The van der Waals surface area contributed by atoms with Crippen LogP contribution in [0, 0.1) is 0 Å². The first-order valence-corrected chi connectivity index (χ1v) is 6.11. The van der Waals surface area contributed by atoms with Gasteiger partial charge < -0.3 is 14.6 Å². The predicted molar refractivity (Wildman–Crippen MR) is 60.8 cm³/mol. The SMILES string of the molecule is OCCSCc1cc(Cl)c2c(c1)OCO2. The van der Waals surface area contributed by atoms with Crippen molar-refractivity contribution >= 4 is 23.4 Å². The summed E-state index contributed by atoms with van der Waals surface area (Å²) in [7, 11) is 0. The lowest BCUT2D eigenvalue weighted by Gasteiger charge is -2.04. The highest BCUT2D eigenvalue weighted by Gasteiger charge is 2.17. The minimum Gasteiger partial charge on any atom is -0.454 e. The average molecular weight is 247 g/mol. The minimum atomic E-state index is 0.197. The standard InChI is InChI=1S/C10H11ClO3S/c11-8-3-7(5-15-2-1-12)4-9-10(8)14-6-13-9/h3-4,12H,1-2,5-6H2. The summed E-state index contributed by atoms with van der Waals surface area (Å²) in [5, 5.41) is 9.25. The first-order valence-electron chi connectivity index (χ1n) is 4.58. The molecular weight excluding hydrogens is 236 g/mol. The quantitative estimate of drug-likeness (QED) is 0.828. The average Bonchev–Trinajstić information content (AvgIpc) is 2.66. The monoisotopic (exact) mass is 246 g/mol. The van der Waals surface area contributed by atoms with Crippen molar-refractivity contribution in [3.05, 3.63) is 22.7 Å². The summed E-state index contributed by atoms with van der Waals surface area (Å²) in [6, 6.07) is 3.80. The van der Waals surface area contributed by atoms with E-state index in [1.807, 2.05) is 12.1 Å². The van der Waals surface area contributed by atoms with E-state index in [0.717, 1.165) is 17.1 Å². The topological polar surface area (TPSA) is 38.7 Å². The second-order valence-electron chi connectivity index (χ2n) is 3.09. The van der Waals surface area contributed by atoms with Gasteiger partial charge in [-0.2, -0.15) is 11.8 Å². The number of rotatable bonds is 4. The van der Waals surface area contributed by atoms with Crippen molar-refractivity contribution in [2.75, 3.05) is 19.2 Å². The van der Waals surface area contributed by atoms with Gasteiger partial charge in [-0.15, -0.1) is 0 Å². The van der Waals surface area contributed by atoms with Gasteiger partial charge in [0.25, 0.3) is 0 Å². The molecule has 0 unspecified atom stereocenters. The lowest BCUT2D eigenvalue weighted by Crippen LogP contribution is -1.93. The Hall–Kier alpha value is -0.580. The summed E-state index contributed by atoms with van der Waals surface area (Å²) in [6.45, 7) is 0.436. The van der Waals surface area contributed by atoms with Crippen molar-refractivity contribution < 1.29 is 14.6 Å². The molecule has 1 aromatic rings. The Kier molecular flexibility index (Phi) is 3.61. The lowest BCUT2D eigenvalue weighted by molar-refractivity contribution is 0.174. The third-order valence-electron chi connectivity index (χ3n) is 1.99. The maximum Gasteiger partial charge on any atom is 0.231 e. The number of ether oxygens (including phenoxy) is 2. The Labute approximate surface area is 97.3 Å². The van der Waals surface area contributed by atoms with E-state index >= 15 is 0 Å². The molecule has 5 heteroatoms.